The van der Waals surface area contributed by atoms with Crippen molar-refractivity contribution in [3.05, 3.63) is 61.1 Å². The average Bonchev–Trinajstić information content (AvgIpc) is 3.24. The second kappa shape index (κ2) is 5.42. The van der Waals surface area contributed by atoms with Gasteiger partial charge in [0.1, 0.15) is 5.75 Å². The predicted molar refractivity (Wildman–Crippen MR) is 93.5 cm³/mol. The van der Waals surface area contributed by atoms with E-state index in [1.165, 1.54) is 0 Å². The van der Waals surface area contributed by atoms with Crippen molar-refractivity contribution >= 4 is 11.3 Å². The van der Waals surface area contributed by atoms with Crippen LogP contribution in [0.15, 0.2) is 55.4 Å². The molecule has 6 nitrogen and oxygen atoms in total. The van der Waals surface area contributed by atoms with Crippen LogP contribution in [0.1, 0.15) is 5.69 Å². The first-order valence-electron chi connectivity index (χ1n) is 7.58. The third-order valence-corrected chi connectivity index (χ3v) is 4.08. The van der Waals surface area contributed by atoms with Crippen molar-refractivity contribution in [2.45, 2.75) is 6.92 Å². The number of ether oxygens (including phenoxy) is 1. The summed E-state index contributed by atoms with van der Waals surface area (Å²) in [6, 6.07) is 8.00. The fraction of sp³-hybridized carbons (Fsp3) is 0.111. The number of aryl methyl sites for hydroxylation is 1. The molecule has 0 atom stereocenters. The summed E-state index contributed by atoms with van der Waals surface area (Å²) < 4.78 is 9.42. The van der Waals surface area contributed by atoms with Crippen LogP contribution in [0.25, 0.3) is 22.5 Å². The third kappa shape index (κ3) is 2.20. The Labute approximate surface area is 139 Å². The smallest absolute Gasteiger partial charge is 0.160 e. The van der Waals surface area contributed by atoms with Crippen LogP contribution in [-0.2, 0) is 0 Å². The monoisotopic (exact) mass is 319 g/mol. The lowest BCUT2D eigenvalue weighted by molar-refractivity contribution is 0.413. The Morgan fingerprint density at radius 2 is 2.00 bits per heavy atom. The van der Waals surface area contributed by atoms with Crippen LogP contribution in [0.4, 0.5) is 5.69 Å². The van der Waals surface area contributed by atoms with Crippen molar-refractivity contribution in [2.75, 3.05) is 12.8 Å². The Morgan fingerprint density at radius 3 is 2.75 bits per heavy atom. The van der Waals surface area contributed by atoms with Crippen LogP contribution >= 0.6 is 0 Å². The molecule has 24 heavy (non-hydrogen) atoms. The van der Waals surface area contributed by atoms with Gasteiger partial charge in [-0.25, -0.2) is 9.97 Å². The summed E-state index contributed by atoms with van der Waals surface area (Å²) in [4.78, 5) is 8.58. The van der Waals surface area contributed by atoms with Crippen LogP contribution in [0.2, 0.25) is 0 Å². The molecule has 0 bridgehead atoms. The molecular weight excluding hydrogens is 302 g/mol. The molecule has 0 radical (unpaired) electrons. The van der Waals surface area contributed by atoms with E-state index < -0.39 is 0 Å². The second-order valence-corrected chi connectivity index (χ2v) is 5.61. The minimum absolute atomic E-state index is 0.649. The summed E-state index contributed by atoms with van der Waals surface area (Å²) in [6.45, 7) is 1.96. The molecule has 0 fully saturated rings. The lowest BCUT2D eigenvalue weighted by Crippen LogP contribution is -1.98. The molecule has 3 heterocycles. The maximum atomic E-state index is 6.30. The molecule has 0 saturated carbocycles. The van der Waals surface area contributed by atoms with Gasteiger partial charge < -0.3 is 19.4 Å². The normalized spacial score (nSPS) is 11.1. The van der Waals surface area contributed by atoms with E-state index in [1.54, 1.807) is 19.6 Å². The molecule has 0 aliphatic carbocycles. The number of rotatable bonds is 3. The first-order valence-corrected chi connectivity index (χ1v) is 7.58. The van der Waals surface area contributed by atoms with Crippen LogP contribution in [0.5, 0.6) is 5.75 Å². The molecular formula is C18H17N5O. The molecule has 0 aliphatic heterocycles. The van der Waals surface area contributed by atoms with Gasteiger partial charge in [0, 0.05) is 30.4 Å². The zero-order chi connectivity index (χ0) is 16.7. The van der Waals surface area contributed by atoms with Crippen molar-refractivity contribution in [3.63, 3.8) is 0 Å². The van der Waals surface area contributed by atoms with Gasteiger partial charge in [0.2, 0.25) is 0 Å². The lowest BCUT2D eigenvalue weighted by Gasteiger charge is -2.13. The highest BCUT2D eigenvalue weighted by atomic mass is 16.5. The summed E-state index contributed by atoms with van der Waals surface area (Å²) in [5.41, 5.74) is 11.5. The molecule has 0 unspecified atom stereocenters. The minimum Gasteiger partial charge on any atom is -0.495 e. The van der Waals surface area contributed by atoms with Gasteiger partial charge in [-0.15, -0.1) is 0 Å². The molecule has 4 rings (SSSR count). The van der Waals surface area contributed by atoms with Crippen molar-refractivity contribution in [2.24, 2.45) is 0 Å². The van der Waals surface area contributed by atoms with E-state index in [9.17, 15) is 0 Å². The largest absolute Gasteiger partial charge is 0.495 e. The maximum Gasteiger partial charge on any atom is 0.160 e. The molecule has 2 N–H and O–H groups in total. The van der Waals surface area contributed by atoms with Gasteiger partial charge in [-0.05, 0) is 30.7 Å². The molecule has 0 saturated heterocycles. The zero-order valence-corrected chi connectivity index (χ0v) is 13.5. The number of benzene rings is 1. The fourth-order valence-corrected chi connectivity index (χ4v) is 2.87. The van der Waals surface area contributed by atoms with Gasteiger partial charge in [-0.1, -0.05) is 6.07 Å². The van der Waals surface area contributed by atoms with Gasteiger partial charge in [0.05, 0.1) is 30.5 Å². The van der Waals surface area contributed by atoms with Crippen molar-refractivity contribution in [1.82, 2.24) is 18.9 Å². The van der Waals surface area contributed by atoms with Crippen molar-refractivity contribution in [3.8, 4) is 22.6 Å². The number of pyridine rings is 1. The highest BCUT2D eigenvalue weighted by Gasteiger charge is 2.12. The first-order chi connectivity index (χ1) is 11.7. The topological polar surface area (TPSA) is 70.4 Å². The van der Waals surface area contributed by atoms with Gasteiger partial charge in [-0.2, -0.15) is 0 Å². The van der Waals surface area contributed by atoms with Gasteiger partial charge >= 0.3 is 0 Å². The number of anilines is 1. The van der Waals surface area contributed by atoms with Gasteiger partial charge in [0.25, 0.3) is 0 Å². The summed E-state index contributed by atoms with van der Waals surface area (Å²) in [7, 11) is 1.66. The van der Waals surface area contributed by atoms with Crippen molar-refractivity contribution in [1.29, 1.82) is 0 Å². The van der Waals surface area contributed by atoms with Crippen molar-refractivity contribution < 1.29 is 4.74 Å². The molecule has 0 aliphatic rings. The standard InChI is InChI=1S/C18H17N5O/c1-12-10-23(11-21-12)15-4-3-13(9-16(15)24-2)14-5-7-22-8-6-20-18(22)17(14)19/h3-11H,19H2,1-2H3. The van der Waals surface area contributed by atoms with Crippen LogP contribution in [0, 0.1) is 6.92 Å². The summed E-state index contributed by atoms with van der Waals surface area (Å²) in [6.07, 6.45) is 9.30. The molecule has 1 aromatic carbocycles. The number of hydrogen-bond donors (Lipinski definition) is 1. The Bertz CT molecular complexity index is 1030. The molecule has 3 aromatic heterocycles. The SMILES string of the molecule is COc1cc(-c2ccn3ccnc3c2N)ccc1-n1cnc(C)c1. The number of fused-ring (bicyclic) bond motifs is 1. The number of hydrogen-bond acceptors (Lipinski definition) is 4. The van der Waals surface area contributed by atoms with E-state index in [0.29, 0.717) is 5.69 Å². The zero-order valence-electron chi connectivity index (χ0n) is 13.5. The minimum atomic E-state index is 0.649. The van der Waals surface area contributed by atoms with Crippen LogP contribution < -0.4 is 10.5 Å². The molecule has 120 valence electrons. The average molecular weight is 319 g/mol. The number of aromatic nitrogens is 4. The van der Waals surface area contributed by atoms with Crippen LogP contribution in [0.3, 0.4) is 0 Å². The molecule has 4 aromatic rings. The predicted octanol–water partition coefficient (Wildman–Crippen LogP) is 3.09. The summed E-state index contributed by atoms with van der Waals surface area (Å²) in [5.74, 6) is 0.757. The number of methoxy groups -OCH3 is 1. The Kier molecular flexibility index (Phi) is 3.23. The lowest BCUT2D eigenvalue weighted by atomic mass is 10.0. The van der Waals surface area contributed by atoms with E-state index in [-0.39, 0.29) is 0 Å². The Balaban J connectivity index is 1.85. The van der Waals surface area contributed by atoms with Crippen LogP contribution in [-0.4, -0.2) is 26.0 Å². The number of nitrogen functional groups attached to an aromatic ring is 1. The first kappa shape index (κ1) is 14.3. The van der Waals surface area contributed by atoms with E-state index in [0.717, 1.165) is 33.9 Å². The fourth-order valence-electron chi connectivity index (χ4n) is 2.87. The van der Waals surface area contributed by atoms with Gasteiger partial charge in [0.15, 0.2) is 5.65 Å². The van der Waals surface area contributed by atoms with E-state index >= 15 is 0 Å². The molecule has 0 amide bonds. The number of nitrogens with zero attached hydrogens (tertiary/aromatic N) is 4. The summed E-state index contributed by atoms with van der Waals surface area (Å²) >= 11 is 0. The van der Waals surface area contributed by atoms with E-state index in [1.807, 2.05) is 58.7 Å². The Morgan fingerprint density at radius 1 is 1.12 bits per heavy atom. The Hall–Kier alpha value is -3.28. The number of imidazole rings is 2. The highest BCUT2D eigenvalue weighted by Crippen LogP contribution is 2.33. The molecule has 0 spiro atoms. The quantitative estimate of drug-likeness (QED) is 0.630. The molecule has 6 heteroatoms. The third-order valence-electron chi connectivity index (χ3n) is 4.08. The van der Waals surface area contributed by atoms with E-state index in [4.69, 9.17) is 10.5 Å². The van der Waals surface area contributed by atoms with Gasteiger partial charge in [-0.3, -0.25) is 0 Å². The highest BCUT2D eigenvalue weighted by molar-refractivity contribution is 5.86. The maximum absolute atomic E-state index is 6.30. The second-order valence-electron chi connectivity index (χ2n) is 5.61. The van der Waals surface area contributed by atoms with E-state index in [2.05, 4.69) is 9.97 Å². The summed E-state index contributed by atoms with van der Waals surface area (Å²) in [5, 5.41) is 0. The number of nitrogens with two attached hydrogens (primary N) is 1.